The third kappa shape index (κ3) is 6.55. The standard InChI is InChI=1S/C27H30ClF2N3O3/c1-5-6-15-36-19-11-9-18(10-12-19)23-31-24(33-25(35)32-23)20-16-17(7-13-21(20)28)8-14-22(34)26(2,3)27(4,29)30/h7,9-13,16H,5-6,8,14-15H2,1-4H3,(H,31,32,33,35). The number of hydrogen-bond acceptors (Lipinski definition) is 5. The average molecular weight is 518 g/mol. The summed E-state index contributed by atoms with van der Waals surface area (Å²) in [4.78, 5) is 35.9. The lowest BCUT2D eigenvalue weighted by atomic mass is 9.80. The van der Waals surface area contributed by atoms with Crippen molar-refractivity contribution in [3.8, 4) is 28.5 Å². The summed E-state index contributed by atoms with van der Waals surface area (Å²) in [5, 5.41) is 0.338. The molecular weight excluding hydrogens is 488 g/mol. The molecule has 0 atom stereocenters. The molecule has 0 saturated carbocycles. The van der Waals surface area contributed by atoms with E-state index < -0.39 is 22.8 Å². The molecule has 0 spiro atoms. The predicted octanol–water partition coefficient (Wildman–Crippen LogP) is 6.51. The zero-order chi connectivity index (χ0) is 26.5. The number of aromatic amines is 1. The van der Waals surface area contributed by atoms with Crippen LogP contribution in [0.4, 0.5) is 8.78 Å². The number of Topliss-reactive ketones (excluding diaryl/α,β-unsaturated/α-hetero) is 1. The molecule has 0 amide bonds. The van der Waals surface area contributed by atoms with Crippen molar-refractivity contribution < 1.29 is 18.3 Å². The summed E-state index contributed by atoms with van der Waals surface area (Å²) in [5.74, 6) is -2.52. The second-order valence-electron chi connectivity index (χ2n) is 9.30. The number of benzene rings is 2. The number of ether oxygens (including phenoxy) is 1. The quantitative estimate of drug-likeness (QED) is 0.293. The monoisotopic (exact) mass is 517 g/mol. The van der Waals surface area contributed by atoms with E-state index in [-0.39, 0.29) is 24.5 Å². The van der Waals surface area contributed by atoms with Gasteiger partial charge in [0.05, 0.1) is 17.0 Å². The molecule has 192 valence electrons. The van der Waals surface area contributed by atoms with Gasteiger partial charge in [-0.15, -0.1) is 0 Å². The Balaban J connectivity index is 1.84. The number of carbonyl (C=O) groups is 1. The highest BCUT2D eigenvalue weighted by atomic mass is 35.5. The van der Waals surface area contributed by atoms with Gasteiger partial charge in [0.25, 0.3) is 5.92 Å². The zero-order valence-electron chi connectivity index (χ0n) is 20.8. The van der Waals surface area contributed by atoms with Gasteiger partial charge in [0.1, 0.15) is 17.4 Å². The fraction of sp³-hybridized carbons (Fsp3) is 0.407. The second-order valence-corrected chi connectivity index (χ2v) is 9.71. The summed E-state index contributed by atoms with van der Waals surface area (Å²) in [5.41, 5.74) is -0.590. The van der Waals surface area contributed by atoms with Crippen molar-refractivity contribution in [1.82, 2.24) is 15.0 Å². The molecule has 3 rings (SSSR count). The molecule has 6 nitrogen and oxygen atoms in total. The average Bonchev–Trinajstić information content (AvgIpc) is 2.82. The Labute approximate surface area is 214 Å². The van der Waals surface area contributed by atoms with Crippen molar-refractivity contribution in [1.29, 1.82) is 0 Å². The van der Waals surface area contributed by atoms with Gasteiger partial charge in [-0.2, -0.15) is 4.98 Å². The number of H-pyrrole nitrogens is 1. The number of ketones is 1. The Hall–Kier alpha value is -3.13. The largest absolute Gasteiger partial charge is 0.494 e. The van der Waals surface area contributed by atoms with Gasteiger partial charge in [0, 0.05) is 24.5 Å². The van der Waals surface area contributed by atoms with Crippen LogP contribution in [0.2, 0.25) is 5.02 Å². The summed E-state index contributed by atoms with van der Waals surface area (Å²) in [6.07, 6.45) is 2.17. The Kier molecular flexibility index (Phi) is 8.61. The third-order valence-corrected chi connectivity index (χ3v) is 6.58. The molecule has 0 unspecified atom stereocenters. The van der Waals surface area contributed by atoms with Crippen molar-refractivity contribution in [3.63, 3.8) is 0 Å². The van der Waals surface area contributed by atoms with E-state index in [9.17, 15) is 18.4 Å². The van der Waals surface area contributed by atoms with Gasteiger partial charge in [-0.05, 0) is 68.7 Å². The molecule has 0 aliphatic carbocycles. The smallest absolute Gasteiger partial charge is 0.348 e. The van der Waals surface area contributed by atoms with Crippen molar-refractivity contribution in [2.24, 2.45) is 5.41 Å². The van der Waals surface area contributed by atoms with E-state index in [1.54, 1.807) is 42.5 Å². The van der Waals surface area contributed by atoms with Crippen LogP contribution >= 0.6 is 11.6 Å². The zero-order valence-corrected chi connectivity index (χ0v) is 21.6. The summed E-state index contributed by atoms with van der Waals surface area (Å²) < 4.78 is 33.3. The molecule has 0 aliphatic heterocycles. The highest BCUT2D eigenvalue weighted by Gasteiger charge is 2.47. The lowest BCUT2D eigenvalue weighted by Crippen LogP contribution is -2.40. The van der Waals surface area contributed by atoms with Gasteiger partial charge in [-0.3, -0.25) is 9.78 Å². The maximum Gasteiger partial charge on any atom is 0.348 e. The SMILES string of the molecule is CCCCOc1ccc(-c2nc(-c3cc(CCC(=O)C(C)(C)C(C)(F)F)ccc3Cl)[nH]c(=O)n2)cc1. The number of carbonyl (C=O) groups excluding carboxylic acids is 1. The molecule has 1 N–H and O–H groups in total. The van der Waals surface area contributed by atoms with Gasteiger partial charge >= 0.3 is 5.69 Å². The van der Waals surface area contributed by atoms with E-state index in [0.29, 0.717) is 34.1 Å². The minimum atomic E-state index is -3.13. The molecule has 36 heavy (non-hydrogen) atoms. The first-order chi connectivity index (χ1) is 16.9. The molecule has 0 saturated heterocycles. The molecule has 0 bridgehead atoms. The highest BCUT2D eigenvalue weighted by Crippen LogP contribution is 2.38. The van der Waals surface area contributed by atoms with Crippen LogP contribution in [0.15, 0.2) is 47.3 Å². The fourth-order valence-corrected chi connectivity index (χ4v) is 3.61. The Morgan fingerprint density at radius 1 is 1.08 bits per heavy atom. The van der Waals surface area contributed by atoms with Crippen LogP contribution in [0.3, 0.4) is 0 Å². The van der Waals surface area contributed by atoms with Gasteiger partial charge in [-0.1, -0.05) is 31.0 Å². The number of aromatic nitrogens is 3. The Morgan fingerprint density at radius 3 is 2.42 bits per heavy atom. The van der Waals surface area contributed by atoms with E-state index in [0.717, 1.165) is 19.8 Å². The van der Waals surface area contributed by atoms with Gasteiger partial charge in [0.15, 0.2) is 5.82 Å². The number of halogens is 3. The maximum absolute atomic E-state index is 13.8. The van der Waals surface area contributed by atoms with E-state index in [4.69, 9.17) is 16.3 Å². The van der Waals surface area contributed by atoms with Crippen LogP contribution in [0, 0.1) is 5.41 Å². The summed E-state index contributed by atoms with van der Waals surface area (Å²) >= 11 is 6.39. The fourth-order valence-electron chi connectivity index (χ4n) is 3.40. The number of alkyl halides is 2. The van der Waals surface area contributed by atoms with Gasteiger partial charge < -0.3 is 4.74 Å². The number of aryl methyl sites for hydroxylation is 1. The lowest BCUT2D eigenvalue weighted by Gasteiger charge is -2.29. The van der Waals surface area contributed by atoms with Gasteiger partial charge in [-0.25, -0.2) is 18.6 Å². The summed E-state index contributed by atoms with van der Waals surface area (Å²) in [6.45, 7) is 5.96. The third-order valence-electron chi connectivity index (χ3n) is 6.25. The first-order valence-electron chi connectivity index (χ1n) is 11.8. The van der Waals surface area contributed by atoms with E-state index in [2.05, 4.69) is 21.9 Å². The second kappa shape index (κ2) is 11.3. The van der Waals surface area contributed by atoms with Gasteiger partial charge in [0.2, 0.25) is 0 Å². The van der Waals surface area contributed by atoms with Crippen molar-refractivity contribution in [3.05, 3.63) is 63.5 Å². The highest BCUT2D eigenvalue weighted by molar-refractivity contribution is 6.33. The maximum atomic E-state index is 13.8. The normalized spacial score (nSPS) is 12.0. The van der Waals surface area contributed by atoms with Crippen LogP contribution < -0.4 is 10.4 Å². The first kappa shape index (κ1) is 27.5. The molecule has 1 aromatic heterocycles. The molecule has 1 heterocycles. The summed E-state index contributed by atoms with van der Waals surface area (Å²) in [7, 11) is 0. The minimum absolute atomic E-state index is 0.0598. The Bertz CT molecular complexity index is 1270. The minimum Gasteiger partial charge on any atom is -0.494 e. The number of unbranched alkanes of at least 4 members (excludes halogenated alkanes) is 1. The molecule has 9 heteroatoms. The molecule has 0 fully saturated rings. The molecule has 0 radical (unpaired) electrons. The number of nitrogens with zero attached hydrogens (tertiary/aromatic N) is 2. The van der Waals surface area contributed by atoms with E-state index in [1.807, 2.05) is 0 Å². The van der Waals surface area contributed by atoms with Crippen LogP contribution in [-0.4, -0.2) is 33.3 Å². The molecule has 2 aromatic carbocycles. The molecule has 3 aromatic rings. The van der Waals surface area contributed by atoms with Crippen molar-refractivity contribution in [2.75, 3.05) is 6.61 Å². The Morgan fingerprint density at radius 2 is 1.78 bits per heavy atom. The molecular formula is C27H30ClF2N3O3. The predicted molar refractivity (Wildman–Crippen MR) is 137 cm³/mol. The molecule has 0 aliphatic rings. The summed E-state index contributed by atoms with van der Waals surface area (Å²) in [6, 6.07) is 12.2. The van der Waals surface area contributed by atoms with Crippen molar-refractivity contribution in [2.45, 2.75) is 59.3 Å². The first-order valence-corrected chi connectivity index (χ1v) is 12.2. The van der Waals surface area contributed by atoms with E-state index in [1.165, 1.54) is 13.8 Å². The number of nitrogens with one attached hydrogen (secondary N) is 1. The van der Waals surface area contributed by atoms with E-state index >= 15 is 0 Å². The lowest BCUT2D eigenvalue weighted by molar-refractivity contribution is -0.149. The van der Waals surface area contributed by atoms with Crippen LogP contribution in [0.1, 0.15) is 52.5 Å². The van der Waals surface area contributed by atoms with Crippen molar-refractivity contribution >= 4 is 17.4 Å². The topological polar surface area (TPSA) is 84.9 Å². The van der Waals surface area contributed by atoms with Crippen LogP contribution in [-0.2, 0) is 11.2 Å². The number of hydrogen-bond donors (Lipinski definition) is 1. The van der Waals surface area contributed by atoms with Crippen LogP contribution in [0.25, 0.3) is 22.8 Å². The van der Waals surface area contributed by atoms with Crippen LogP contribution in [0.5, 0.6) is 5.75 Å². The number of rotatable bonds is 11.